The first kappa shape index (κ1) is 9.19. The molecule has 0 heterocycles. The van der Waals surface area contributed by atoms with Crippen molar-refractivity contribution in [2.45, 2.75) is 6.10 Å². The molecule has 6 heteroatoms. The van der Waals surface area contributed by atoms with Gasteiger partial charge in [0.25, 0.3) is 0 Å². The number of azide groups is 1. The SMILES string of the molecule is [N-]=[N+]=NCOC(CO)CO. The van der Waals surface area contributed by atoms with E-state index in [1.165, 1.54) is 0 Å². The van der Waals surface area contributed by atoms with Crippen LogP contribution in [0.1, 0.15) is 0 Å². The molecule has 0 fully saturated rings. The summed E-state index contributed by atoms with van der Waals surface area (Å²) < 4.78 is 4.66. The molecule has 0 atom stereocenters. The second-order valence-electron chi connectivity index (χ2n) is 1.51. The Balaban J connectivity index is 3.34. The molecule has 0 aliphatic heterocycles. The van der Waals surface area contributed by atoms with Crippen molar-refractivity contribution in [3.05, 3.63) is 10.4 Å². The van der Waals surface area contributed by atoms with Gasteiger partial charge in [-0.3, -0.25) is 0 Å². The highest BCUT2D eigenvalue weighted by Gasteiger charge is 2.02. The molecule has 0 unspecified atom stereocenters. The molecule has 0 aliphatic carbocycles. The number of nitrogens with zero attached hydrogens (tertiary/aromatic N) is 3. The summed E-state index contributed by atoms with van der Waals surface area (Å²) in [7, 11) is 0. The summed E-state index contributed by atoms with van der Waals surface area (Å²) in [5.74, 6) is 0. The molecule has 0 aromatic rings. The molecule has 0 aromatic heterocycles. The van der Waals surface area contributed by atoms with Crippen LogP contribution in [-0.2, 0) is 4.74 Å². The molecule has 0 rings (SSSR count). The van der Waals surface area contributed by atoms with Gasteiger partial charge in [0.05, 0.1) is 13.2 Å². The molecule has 0 bridgehead atoms. The van der Waals surface area contributed by atoms with E-state index in [1.807, 2.05) is 0 Å². The first-order chi connectivity index (χ1) is 4.85. The number of hydrogen-bond donors (Lipinski definition) is 2. The number of ether oxygens (including phenoxy) is 1. The van der Waals surface area contributed by atoms with Crippen molar-refractivity contribution in [3.63, 3.8) is 0 Å². The van der Waals surface area contributed by atoms with Gasteiger partial charge in [-0.25, -0.2) is 0 Å². The van der Waals surface area contributed by atoms with E-state index in [2.05, 4.69) is 14.8 Å². The maximum Gasteiger partial charge on any atom is 0.126 e. The number of rotatable bonds is 5. The van der Waals surface area contributed by atoms with Crippen molar-refractivity contribution in [2.75, 3.05) is 19.9 Å². The molecule has 10 heavy (non-hydrogen) atoms. The van der Waals surface area contributed by atoms with Crippen molar-refractivity contribution < 1.29 is 14.9 Å². The van der Waals surface area contributed by atoms with Gasteiger partial charge < -0.3 is 14.9 Å². The predicted molar refractivity (Wildman–Crippen MR) is 33.1 cm³/mol. The van der Waals surface area contributed by atoms with Crippen molar-refractivity contribution in [2.24, 2.45) is 5.11 Å². The maximum atomic E-state index is 8.41. The zero-order valence-electron chi connectivity index (χ0n) is 5.34. The fraction of sp³-hybridized carbons (Fsp3) is 1.00. The summed E-state index contributed by atoms with van der Waals surface area (Å²) in [6, 6.07) is 0. The normalized spacial score (nSPS) is 9.50. The van der Waals surface area contributed by atoms with Gasteiger partial charge in [0.15, 0.2) is 0 Å². The lowest BCUT2D eigenvalue weighted by molar-refractivity contribution is -0.0167. The van der Waals surface area contributed by atoms with E-state index in [4.69, 9.17) is 15.7 Å². The number of aliphatic hydroxyl groups is 2. The molecule has 0 aliphatic rings. The summed E-state index contributed by atoms with van der Waals surface area (Å²) in [4.78, 5) is 2.41. The smallest absolute Gasteiger partial charge is 0.126 e. The van der Waals surface area contributed by atoms with E-state index in [0.717, 1.165) is 0 Å². The summed E-state index contributed by atoms with van der Waals surface area (Å²) in [6.45, 7) is -0.725. The third-order valence-electron chi connectivity index (χ3n) is 0.838. The minimum atomic E-state index is -0.648. The Bertz CT molecular complexity index is 119. The maximum absolute atomic E-state index is 8.41. The van der Waals surface area contributed by atoms with Crippen LogP contribution in [0.4, 0.5) is 0 Å². The van der Waals surface area contributed by atoms with E-state index < -0.39 is 6.10 Å². The molecule has 0 amide bonds. The van der Waals surface area contributed by atoms with Gasteiger partial charge in [-0.2, -0.15) is 0 Å². The second-order valence-corrected chi connectivity index (χ2v) is 1.51. The molecule has 0 aromatic carbocycles. The van der Waals surface area contributed by atoms with Crippen LogP contribution in [0.3, 0.4) is 0 Å². The van der Waals surface area contributed by atoms with Crippen LogP contribution in [0.25, 0.3) is 10.4 Å². The highest BCUT2D eigenvalue weighted by molar-refractivity contribution is 4.50. The fourth-order valence-electron chi connectivity index (χ4n) is 0.328. The Labute approximate surface area is 57.7 Å². The van der Waals surface area contributed by atoms with E-state index >= 15 is 0 Å². The molecule has 0 saturated heterocycles. The van der Waals surface area contributed by atoms with Gasteiger partial charge in [-0.1, -0.05) is 5.11 Å². The molecular weight excluding hydrogens is 138 g/mol. The Hall–Kier alpha value is -0.810. The van der Waals surface area contributed by atoms with Crippen LogP contribution in [0.2, 0.25) is 0 Å². The number of aliphatic hydroxyl groups excluding tert-OH is 2. The van der Waals surface area contributed by atoms with Crippen LogP contribution in [-0.4, -0.2) is 36.3 Å². The van der Waals surface area contributed by atoms with Crippen LogP contribution < -0.4 is 0 Å². The van der Waals surface area contributed by atoms with Crippen LogP contribution in [0, 0.1) is 0 Å². The predicted octanol–water partition coefficient (Wildman–Crippen LogP) is -0.376. The van der Waals surface area contributed by atoms with Gasteiger partial charge in [0.2, 0.25) is 0 Å². The highest BCUT2D eigenvalue weighted by atomic mass is 16.5. The van der Waals surface area contributed by atoms with Crippen LogP contribution in [0.15, 0.2) is 5.11 Å². The van der Waals surface area contributed by atoms with Gasteiger partial charge in [-0.05, 0) is 5.53 Å². The van der Waals surface area contributed by atoms with E-state index in [-0.39, 0.29) is 19.9 Å². The molecular formula is C4H9N3O3. The van der Waals surface area contributed by atoms with Gasteiger partial charge in [-0.15, -0.1) is 0 Å². The number of hydrogen-bond acceptors (Lipinski definition) is 4. The van der Waals surface area contributed by atoms with Crippen LogP contribution >= 0.6 is 0 Å². The lowest BCUT2D eigenvalue weighted by Crippen LogP contribution is -2.21. The zero-order chi connectivity index (χ0) is 7.82. The van der Waals surface area contributed by atoms with Gasteiger partial charge in [0, 0.05) is 4.91 Å². The molecule has 58 valence electrons. The zero-order valence-corrected chi connectivity index (χ0v) is 5.34. The molecule has 0 spiro atoms. The van der Waals surface area contributed by atoms with Crippen LogP contribution in [0.5, 0.6) is 0 Å². The summed E-state index contributed by atoms with van der Waals surface area (Å²) in [5, 5.41) is 19.9. The molecule has 0 saturated carbocycles. The van der Waals surface area contributed by atoms with Crippen molar-refractivity contribution in [1.29, 1.82) is 0 Å². The second kappa shape index (κ2) is 6.31. The Morgan fingerprint density at radius 2 is 2.10 bits per heavy atom. The standard InChI is InChI=1S/C4H9N3O3/c5-7-6-3-10-4(1-8)2-9/h4,8-9H,1-3H2. The molecule has 2 N–H and O–H groups in total. The minimum Gasteiger partial charge on any atom is -0.394 e. The van der Waals surface area contributed by atoms with E-state index in [9.17, 15) is 0 Å². The van der Waals surface area contributed by atoms with Crippen molar-refractivity contribution in [3.8, 4) is 0 Å². The molecule has 6 nitrogen and oxygen atoms in total. The Morgan fingerprint density at radius 1 is 1.50 bits per heavy atom. The lowest BCUT2D eigenvalue weighted by Gasteiger charge is -2.08. The van der Waals surface area contributed by atoms with Gasteiger partial charge in [0.1, 0.15) is 12.8 Å². The average Bonchev–Trinajstić information content (AvgIpc) is 1.99. The fourth-order valence-corrected chi connectivity index (χ4v) is 0.328. The minimum absolute atomic E-state index is 0.164. The van der Waals surface area contributed by atoms with Crippen molar-refractivity contribution >= 4 is 0 Å². The quantitative estimate of drug-likeness (QED) is 0.315. The largest absolute Gasteiger partial charge is 0.394 e. The van der Waals surface area contributed by atoms with Gasteiger partial charge >= 0.3 is 0 Å². The Kier molecular flexibility index (Phi) is 5.80. The average molecular weight is 147 g/mol. The summed E-state index contributed by atoms with van der Waals surface area (Å²) >= 11 is 0. The third-order valence-corrected chi connectivity index (χ3v) is 0.838. The molecule has 0 radical (unpaired) electrons. The lowest BCUT2D eigenvalue weighted by atomic mass is 10.4. The first-order valence-corrected chi connectivity index (χ1v) is 2.69. The summed E-state index contributed by atoms with van der Waals surface area (Å²) in [5.41, 5.74) is 7.78. The highest BCUT2D eigenvalue weighted by Crippen LogP contribution is 1.88. The Morgan fingerprint density at radius 3 is 2.50 bits per heavy atom. The van der Waals surface area contributed by atoms with E-state index in [1.54, 1.807) is 0 Å². The monoisotopic (exact) mass is 147 g/mol. The third kappa shape index (κ3) is 4.11. The topological polar surface area (TPSA) is 98.5 Å². The van der Waals surface area contributed by atoms with E-state index in [0.29, 0.717) is 0 Å². The summed E-state index contributed by atoms with van der Waals surface area (Å²) in [6.07, 6.45) is -0.648. The van der Waals surface area contributed by atoms with Crippen molar-refractivity contribution in [1.82, 2.24) is 0 Å². The first-order valence-electron chi connectivity index (χ1n) is 2.69.